The van der Waals surface area contributed by atoms with E-state index in [1.165, 1.54) is 18.0 Å². The summed E-state index contributed by atoms with van der Waals surface area (Å²) in [5.74, 6) is -1.01. The number of nitrogens with one attached hydrogen (secondary N) is 1. The molecule has 20 heavy (non-hydrogen) atoms. The minimum atomic E-state index is -0.584. The van der Waals surface area contributed by atoms with Crippen molar-refractivity contribution in [1.82, 2.24) is 9.78 Å². The molecular weight excluding hydrogens is 282 g/mol. The number of aryl methyl sites for hydroxylation is 1. The van der Waals surface area contributed by atoms with Gasteiger partial charge in [0.1, 0.15) is 0 Å². The summed E-state index contributed by atoms with van der Waals surface area (Å²) in [6, 6.07) is 6.63. The third-order valence-corrected chi connectivity index (χ3v) is 3.01. The topological polar surface area (TPSA) is 73.2 Å². The molecule has 1 heterocycles. The van der Waals surface area contributed by atoms with Gasteiger partial charge in [0.05, 0.1) is 29.6 Å². The zero-order valence-corrected chi connectivity index (χ0v) is 11.6. The van der Waals surface area contributed by atoms with E-state index in [4.69, 9.17) is 11.6 Å². The summed E-state index contributed by atoms with van der Waals surface area (Å²) in [7, 11) is 2.84. The highest BCUT2D eigenvalue weighted by molar-refractivity contribution is 6.34. The Kier molecular flexibility index (Phi) is 4.05. The lowest BCUT2D eigenvalue weighted by molar-refractivity contribution is 0.0589. The summed E-state index contributed by atoms with van der Waals surface area (Å²) < 4.78 is 5.98. The molecule has 6 nitrogen and oxygen atoms in total. The molecule has 2 aromatic rings. The highest BCUT2D eigenvalue weighted by Crippen LogP contribution is 2.19. The molecular formula is C13H12ClN3O3. The lowest BCUT2D eigenvalue weighted by Gasteiger charge is -2.07. The number of nitrogens with zero attached hydrogens (tertiary/aromatic N) is 2. The predicted molar refractivity (Wildman–Crippen MR) is 74.0 cm³/mol. The maximum atomic E-state index is 12.1. The molecule has 0 unspecified atom stereocenters. The number of aromatic nitrogens is 2. The van der Waals surface area contributed by atoms with Crippen molar-refractivity contribution in [3.05, 3.63) is 46.7 Å². The van der Waals surface area contributed by atoms with Crippen LogP contribution in [0, 0.1) is 0 Å². The quantitative estimate of drug-likeness (QED) is 0.880. The maximum absolute atomic E-state index is 12.1. The molecule has 1 aromatic carbocycles. The molecule has 104 valence electrons. The largest absolute Gasteiger partial charge is 0.464 e. The van der Waals surface area contributed by atoms with E-state index in [0.29, 0.717) is 10.6 Å². The van der Waals surface area contributed by atoms with Crippen molar-refractivity contribution >= 4 is 29.2 Å². The van der Waals surface area contributed by atoms with Gasteiger partial charge in [-0.1, -0.05) is 23.7 Å². The number of anilines is 1. The van der Waals surface area contributed by atoms with Gasteiger partial charge in [0.25, 0.3) is 5.91 Å². The molecule has 0 fully saturated rings. The fraction of sp³-hybridized carbons (Fsp3) is 0.154. The number of halogens is 1. The Morgan fingerprint density at radius 3 is 2.70 bits per heavy atom. The number of ether oxygens (including phenoxy) is 1. The molecule has 0 saturated heterocycles. The number of hydrogen-bond acceptors (Lipinski definition) is 4. The van der Waals surface area contributed by atoms with E-state index < -0.39 is 11.9 Å². The van der Waals surface area contributed by atoms with Crippen LogP contribution in [0.1, 0.15) is 20.8 Å². The van der Waals surface area contributed by atoms with E-state index in [-0.39, 0.29) is 11.4 Å². The number of hydrogen-bond donors (Lipinski definition) is 1. The Labute approximate surface area is 120 Å². The number of methoxy groups -OCH3 is 1. The first-order chi connectivity index (χ1) is 9.54. The van der Waals surface area contributed by atoms with Crippen molar-refractivity contribution in [2.24, 2.45) is 7.05 Å². The van der Waals surface area contributed by atoms with Crippen molar-refractivity contribution < 1.29 is 14.3 Å². The fourth-order valence-corrected chi connectivity index (χ4v) is 1.92. The number of carbonyl (C=O) groups is 2. The first-order valence-corrected chi connectivity index (χ1v) is 6.08. The third kappa shape index (κ3) is 2.65. The summed E-state index contributed by atoms with van der Waals surface area (Å²) >= 11 is 5.95. The summed E-state index contributed by atoms with van der Waals surface area (Å²) in [6.07, 6.45) is 1.38. The molecule has 1 N–H and O–H groups in total. The van der Waals surface area contributed by atoms with E-state index in [1.807, 2.05) is 0 Å². The Bertz CT molecular complexity index is 667. The Balaban J connectivity index is 2.30. The van der Waals surface area contributed by atoms with Gasteiger partial charge >= 0.3 is 5.97 Å². The average molecular weight is 294 g/mol. The van der Waals surface area contributed by atoms with Crippen LogP contribution < -0.4 is 5.32 Å². The van der Waals surface area contributed by atoms with E-state index in [9.17, 15) is 9.59 Å². The average Bonchev–Trinajstić information content (AvgIpc) is 2.79. The van der Waals surface area contributed by atoms with Gasteiger partial charge in [-0.25, -0.2) is 4.79 Å². The lowest BCUT2D eigenvalue weighted by atomic mass is 10.2. The van der Waals surface area contributed by atoms with Crippen LogP contribution in [-0.2, 0) is 11.8 Å². The molecule has 7 heteroatoms. The molecule has 2 rings (SSSR count). The Morgan fingerprint density at radius 2 is 2.05 bits per heavy atom. The molecule has 0 radical (unpaired) electrons. The second-order valence-electron chi connectivity index (χ2n) is 3.96. The van der Waals surface area contributed by atoms with Gasteiger partial charge in [0.2, 0.25) is 0 Å². The van der Waals surface area contributed by atoms with E-state index in [1.54, 1.807) is 31.3 Å². The lowest BCUT2D eigenvalue weighted by Crippen LogP contribution is -2.16. The third-order valence-electron chi connectivity index (χ3n) is 2.68. The van der Waals surface area contributed by atoms with Crippen LogP contribution in [0.25, 0.3) is 0 Å². The standard InChI is InChI=1S/C13H12ClN3O3/c1-17-11(13(19)20-2)10(7-15-17)16-12(18)8-5-3-4-6-9(8)14/h3-7H,1-2H3,(H,16,18). The zero-order chi connectivity index (χ0) is 14.7. The van der Waals surface area contributed by atoms with E-state index in [0.717, 1.165) is 0 Å². The highest BCUT2D eigenvalue weighted by Gasteiger charge is 2.20. The van der Waals surface area contributed by atoms with E-state index in [2.05, 4.69) is 15.2 Å². The van der Waals surface area contributed by atoms with Gasteiger partial charge in [-0.3, -0.25) is 9.48 Å². The minimum Gasteiger partial charge on any atom is -0.464 e. The van der Waals surface area contributed by atoms with Crippen LogP contribution in [-0.4, -0.2) is 28.8 Å². The van der Waals surface area contributed by atoms with Gasteiger partial charge in [-0.15, -0.1) is 0 Å². The van der Waals surface area contributed by atoms with Crippen LogP contribution in [0.3, 0.4) is 0 Å². The smallest absolute Gasteiger partial charge is 0.358 e. The number of esters is 1. The fourth-order valence-electron chi connectivity index (χ4n) is 1.70. The number of amides is 1. The van der Waals surface area contributed by atoms with Crippen LogP contribution in [0.2, 0.25) is 5.02 Å². The van der Waals surface area contributed by atoms with E-state index >= 15 is 0 Å². The molecule has 1 amide bonds. The molecule has 0 bridgehead atoms. The molecule has 0 saturated carbocycles. The van der Waals surface area contributed by atoms with Crippen molar-refractivity contribution in [3.8, 4) is 0 Å². The zero-order valence-electron chi connectivity index (χ0n) is 10.9. The van der Waals surface area contributed by atoms with Gasteiger partial charge in [-0.2, -0.15) is 5.10 Å². The molecule has 0 aliphatic heterocycles. The molecule has 0 aliphatic rings. The van der Waals surface area contributed by atoms with Gasteiger partial charge < -0.3 is 10.1 Å². The Morgan fingerprint density at radius 1 is 1.35 bits per heavy atom. The van der Waals surface area contributed by atoms with Crippen molar-refractivity contribution in [1.29, 1.82) is 0 Å². The van der Waals surface area contributed by atoms with Crippen LogP contribution in [0.5, 0.6) is 0 Å². The van der Waals surface area contributed by atoms with Crippen LogP contribution in [0.4, 0.5) is 5.69 Å². The molecule has 0 aliphatic carbocycles. The summed E-state index contributed by atoms with van der Waals surface area (Å²) in [6.45, 7) is 0. The van der Waals surface area contributed by atoms with Crippen molar-refractivity contribution in [2.45, 2.75) is 0 Å². The highest BCUT2D eigenvalue weighted by atomic mass is 35.5. The first-order valence-electron chi connectivity index (χ1n) is 5.70. The molecule has 1 aromatic heterocycles. The van der Waals surface area contributed by atoms with Gasteiger partial charge in [-0.05, 0) is 12.1 Å². The summed E-state index contributed by atoms with van der Waals surface area (Å²) in [4.78, 5) is 23.8. The minimum absolute atomic E-state index is 0.160. The van der Waals surface area contributed by atoms with Crippen molar-refractivity contribution in [3.63, 3.8) is 0 Å². The van der Waals surface area contributed by atoms with Crippen molar-refractivity contribution in [2.75, 3.05) is 12.4 Å². The van der Waals surface area contributed by atoms with Crippen LogP contribution in [0.15, 0.2) is 30.5 Å². The summed E-state index contributed by atoms with van der Waals surface area (Å²) in [5, 5.41) is 6.85. The normalized spacial score (nSPS) is 10.2. The van der Waals surface area contributed by atoms with Gasteiger partial charge in [0, 0.05) is 7.05 Å². The predicted octanol–water partition coefficient (Wildman–Crippen LogP) is 2.11. The second kappa shape index (κ2) is 5.75. The first kappa shape index (κ1) is 14.1. The summed E-state index contributed by atoms with van der Waals surface area (Å²) in [5.41, 5.74) is 0.742. The number of rotatable bonds is 3. The molecule has 0 atom stereocenters. The SMILES string of the molecule is COC(=O)c1c(NC(=O)c2ccccc2Cl)cnn1C. The number of benzene rings is 1. The second-order valence-corrected chi connectivity index (χ2v) is 4.36. The molecule has 0 spiro atoms. The number of carbonyl (C=O) groups excluding carboxylic acids is 2. The monoisotopic (exact) mass is 293 g/mol. The Hall–Kier alpha value is -2.34. The van der Waals surface area contributed by atoms with Crippen LogP contribution >= 0.6 is 11.6 Å². The maximum Gasteiger partial charge on any atom is 0.358 e. The van der Waals surface area contributed by atoms with Gasteiger partial charge in [0.15, 0.2) is 5.69 Å².